The molecule has 0 radical (unpaired) electrons. The van der Waals surface area contributed by atoms with Crippen molar-refractivity contribution in [3.63, 3.8) is 0 Å². The van der Waals surface area contributed by atoms with Gasteiger partial charge in [-0.1, -0.05) is 13.8 Å². The molecular formula is C11H21NO2S. The lowest BCUT2D eigenvalue weighted by molar-refractivity contribution is -0.140. The Morgan fingerprint density at radius 1 is 1.53 bits per heavy atom. The summed E-state index contributed by atoms with van der Waals surface area (Å²) in [5.74, 6) is 0.480. The molecule has 0 saturated carbocycles. The SMILES string of the molecule is COC(=O)[C@H]1SC(C)(C)N[C@H]1CC(C)C. The summed E-state index contributed by atoms with van der Waals surface area (Å²) in [6.07, 6.45) is 1.01. The summed E-state index contributed by atoms with van der Waals surface area (Å²) >= 11 is 1.66. The summed E-state index contributed by atoms with van der Waals surface area (Å²) in [7, 11) is 1.46. The van der Waals surface area contributed by atoms with E-state index in [-0.39, 0.29) is 22.1 Å². The van der Waals surface area contributed by atoms with Crippen LogP contribution in [0.1, 0.15) is 34.1 Å². The van der Waals surface area contributed by atoms with Crippen LogP contribution in [0.15, 0.2) is 0 Å². The molecule has 0 unspecified atom stereocenters. The zero-order valence-corrected chi connectivity index (χ0v) is 11.0. The second kappa shape index (κ2) is 4.74. The second-order valence-corrected chi connectivity index (χ2v) is 6.72. The lowest BCUT2D eigenvalue weighted by Gasteiger charge is -2.20. The van der Waals surface area contributed by atoms with Gasteiger partial charge in [-0.2, -0.15) is 0 Å². The molecule has 1 heterocycles. The van der Waals surface area contributed by atoms with Gasteiger partial charge in [0.05, 0.1) is 12.0 Å². The molecule has 0 aliphatic carbocycles. The number of methoxy groups -OCH3 is 1. The number of hydrogen-bond acceptors (Lipinski definition) is 4. The van der Waals surface area contributed by atoms with Crippen molar-refractivity contribution < 1.29 is 9.53 Å². The molecule has 0 amide bonds. The summed E-state index contributed by atoms with van der Waals surface area (Å²) in [5.41, 5.74) is 0. The van der Waals surface area contributed by atoms with Crippen LogP contribution < -0.4 is 5.32 Å². The van der Waals surface area contributed by atoms with Gasteiger partial charge < -0.3 is 4.74 Å². The number of ether oxygens (including phenoxy) is 1. The van der Waals surface area contributed by atoms with E-state index in [9.17, 15) is 4.79 Å². The third kappa shape index (κ3) is 3.38. The van der Waals surface area contributed by atoms with Crippen molar-refractivity contribution in [2.75, 3.05) is 7.11 Å². The van der Waals surface area contributed by atoms with Gasteiger partial charge in [0.15, 0.2) is 0 Å². The average molecular weight is 231 g/mol. The van der Waals surface area contributed by atoms with Crippen LogP contribution in [0, 0.1) is 5.92 Å². The third-order valence-electron chi connectivity index (χ3n) is 2.48. The fraction of sp³-hybridized carbons (Fsp3) is 0.909. The van der Waals surface area contributed by atoms with Gasteiger partial charge in [0, 0.05) is 6.04 Å². The first-order valence-corrected chi connectivity index (χ1v) is 6.27. The normalized spacial score (nSPS) is 29.5. The Labute approximate surface area is 96.3 Å². The quantitative estimate of drug-likeness (QED) is 0.754. The first-order valence-electron chi connectivity index (χ1n) is 5.39. The zero-order valence-electron chi connectivity index (χ0n) is 10.2. The van der Waals surface area contributed by atoms with Crippen LogP contribution in [0.5, 0.6) is 0 Å². The minimum Gasteiger partial charge on any atom is -0.468 e. The van der Waals surface area contributed by atoms with Crippen molar-refractivity contribution in [3.05, 3.63) is 0 Å². The van der Waals surface area contributed by atoms with E-state index in [2.05, 4.69) is 33.0 Å². The van der Waals surface area contributed by atoms with Crippen molar-refractivity contribution in [1.82, 2.24) is 5.32 Å². The molecule has 0 aromatic heterocycles. The predicted octanol–water partition coefficient (Wildman–Crippen LogP) is 2.02. The topological polar surface area (TPSA) is 38.3 Å². The number of carbonyl (C=O) groups is 1. The minimum absolute atomic E-state index is 0.0294. The molecule has 0 spiro atoms. The number of esters is 1. The maximum Gasteiger partial charge on any atom is 0.320 e. The zero-order chi connectivity index (χ0) is 11.6. The van der Waals surface area contributed by atoms with E-state index in [1.165, 1.54) is 7.11 Å². The van der Waals surface area contributed by atoms with Gasteiger partial charge in [0.25, 0.3) is 0 Å². The molecular weight excluding hydrogens is 210 g/mol. The van der Waals surface area contributed by atoms with Crippen LogP contribution in [-0.4, -0.2) is 29.2 Å². The van der Waals surface area contributed by atoms with Gasteiger partial charge in [-0.3, -0.25) is 10.1 Å². The van der Waals surface area contributed by atoms with E-state index >= 15 is 0 Å². The predicted molar refractivity (Wildman–Crippen MR) is 63.9 cm³/mol. The van der Waals surface area contributed by atoms with Crippen LogP contribution in [0.2, 0.25) is 0 Å². The average Bonchev–Trinajstić information content (AvgIpc) is 2.38. The Bertz CT molecular complexity index is 241. The van der Waals surface area contributed by atoms with Crippen molar-refractivity contribution in [3.8, 4) is 0 Å². The van der Waals surface area contributed by atoms with Crippen LogP contribution in [-0.2, 0) is 9.53 Å². The van der Waals surface area contributed by atoms with Gasteiger partial charge in [-0.15, -0.1) is 11.8 Å². The number of rotatable bonds is 3. The molecule has 1 fully saturated rings. The second-order valence-electron chi connectivity index (χ2n) is 4.95. The monoisotopic (exact) mass is 231 g/mol. The fourth-order valence-electron chi connectivity index (χ4n) is 1.97. The highest BCUT2D eigenvalue weighted by molar-refractivity contribution is 8.02. The van der Waals surface area contributed by atoms with E-state index in [0.717, 1.165) is 6.42 Å². The van der Waals surface area contributed by atoms with Crippen LogP contribution in [0.4, 0.5) is 0 Å². The molecule has 0 bridgehead atoms. The van der Waals surface area contributed by atoms with Gasteiger partial charge in [-0.05, 0) is 26.2 Å². The van der Waals surface area contributed by atoms with Crippen LogP contribution in [0.3, 0.4) is 0 Å². The first-order chi connectivity index (χ1) is 6.85. The highest BCUT2D eigenvalue weighted by atomic mass is 32.2. The fourth-order valence-corrected chi connectivity index (χ4v) is 3.36. The molecule has 1 aliphatic heterocycles. The summed E-state index contributed by atoms with van der Waals surface area (Å²) in [6.45, 7) is 8.56. The Hall–Kier alpha value is -0.220. The molecule has 0 aromatic carbocycles. The molecule has 3 nitrogen and oxygen atoms in total. The Morgan fingerprint density at radius 2 is 2.13 bits per heavy atom. The number of thioether (sulfide) groups is 1. The molecule has 88 valence electrons. The van der Waals surface area contributed by atoms with Gasteiger partial charge in [0.1, 0.15) is 5.25 Å². The van der Waals surface area contributed by atoms with Gasteiger partial charge >= 0.3 is 5.97 Å². The smallest absolute Gasteiger partial charge is 0.320 e. The summed E-state index contributed by atoms with van der Waals surface area (Å²) < 4.78 is 4.84. The minimum atomic E-state index is -0.108. The lowest BCUT2D eigenvalue weighted by atomic mass is 10.0. The first kappa shape index (κ1) is 12.8. The van der Waals surface area contributed by atoms with Crippen molar-refractivity contribution in [2.24, 2.45) is 5.92 Å². The largest absolute Gasteiger partial charge is 0.468 e. The Morgan fingerprint density at radius 3 is 2.60 bits per heavy atom. The molecule has 1 saturated heterocycles. The van der Waals surface area contributed by atoms with Gasteiger partial charge in [-0.25, -0.2) is 0 Å². The van der Waals surface area contributed by atoms with E-state index < -0.39 is 0 Å². The molecule has 1 aliphatic rings. The van der Waals surface area contributed by atoms with E-state index in [4.69, 9.17) is 4.74 Å². The molecule has 1 rings (SSSR count). The van der Waals surface area contributed by atoms with E-state index in [1.54, 1.807) is 11.8 Å². The summed E-state index contributed by atoms with van der Waals surface area (Å²) in [5, 5.41) is 3.43. The maximum atomic E-state index is 11.6. The van der Waals surface area contributed by atoms with E-state index in [0.29, 0.717) is 5.92 Å². The lowest BCUT2D eigenvalue weighted by Crippen LogP contribution is -2.41. The molecule has 1 N–H and O–H groups in total. The highest BCUT2D eigenvalue weighted by Gasteiger charge is 2.43. The standard InChI is InChI=1S/C11H21NO2S/c1-7(2)6-8-9(10(13)14-5)15-11(3,4)12-8/h7-9,12H,6H2,1-5H3/t8-,9-/m0/s1. The van der Waals surface area contributed by atoms with E-state index in [1.807, 2.05) is 0 Å². The van der Waals surface area contributed by atoms with Crippen molar-refractivity contribution in [2.45, 2.75) is 50.3 Å². The third-order valence-corrected chi connectivity index (χ3v) is 3.96. The van der Waals surface area contributed by atoms with Crippen molar-refractivity contribution in [1.29, 1.82) is 0 Å². The molecule has 0 aromatic rings. The summed E-state index contributed by atoms with van der Waals surface area (Å²) in [4.78, 5) is 11.6. The van der Waals surface area contributed by atoms with Crippen molar-refractivity contribution >= 4 is 17.7 Å². The van der Waals surface area contributed by atoms with Crippen LogP contribution >= 0.6 is 11.8 Å². The highest BCUT2D eigenvalue weighted by Crippen LogP contribution is 2.38. The van der Waals surface area contributed by atoms with Crippen LogP contribution in [0.25, 0.3) is 0 Å². The maximum absolute atomic E-state index is 11.6. The Kier molecular flexibility index (Phi) is 4.06. The number of hydrogen-bond donors (Lipinski definition) is 1. The summed E-state index contributed by atoms with van der Waals surface area (Å²) in [6, 6.07) is 0.234. The molecule has 15 heavy (non-hydrogen) atoms. The molecule has 4 heteroatoms. The Balaban J connectivity index is 2.70. The van der Waals surface area contributed by atoms with Gasteiger partial charge in [0.2, 0.25) is 0 Å². The molecule has 2 atom stereocenters. The number of carbonyl (C=O) groups excluding carboxylic acids is 1. The number of nitrogens with one attached hydrogen (secondary N) is 1.